The Bertz CT molecular complexity index is 561. The van der Waals surface area contributed by atoms with Crippen molar-refractivity contribution in [2.75, 3.05) is 12.8 Å². The molecule has 0 unspecified atom stereocenters. The molecule has 1 aliphatic rings. The third-order valence-corrected chi connectivity index (χ3v) is 5.20. The number of carbonyl (C=O) groups is 1. The van der Waals surface area contributed by atoms with Crippen LogP contribution in [0.1, 0.15) is 28.8 Å². The lowest BCUT2D eigenvalue weighted by Crippen LogP contribution is -2.29. The second kappa shape index (κ2) is 5.30. The average molecular weight is 283 g/mol. The Morgan fingerprint density at radius 3 is 2.37 bits per heavy atom. The normalized spacial score (nSPS) is 15.7. The SMILES string of the molecule is CN(Cc1ccc(C(=O)O)cc1)S(=O)(=O)CC1CC1. The van der Waals surface area contributed by atoms with Crippen molar-refractivity contribution in [3.63, 3.8) is 0 Å². The largest absolute Gasteiger partial charge is 0.478 e. The van der Waals surface area contributed by atoms with Gasteiger partial charge in [-0.25, -0.2) is 17.5 Å². The van der Waals surface area contributed by atoms with Crippen LogP contribution in [-0.2, 0) is 16.6 Å². The number of benzene rings is 1. The van der Waals surface area contributed by atoms with Crippen LogP contribution < -0.4 is 0 Å². The zero-order valence-electron chi connectivity index (χ0n) is 10.7. The third kappa shape index (κ3) is 3.78. The highest BCUT2D eigenvalue weighted by Gasteiger charge is 2.30. The molecule has 104 valence electrons. The van der Waals surface area contributed by atoms with E-state index in [0.29, 0.717) is 5.92 Å². The van der Waals surface area contributed by atoms with Gasteiger partial charge in [-0.05, 0) is 36.5 Å². The van der Waals surface area contributed by atoms with Crippen LogP contribution in [0, 0.1) is 5.92 Å². The van der Waals surface area contributed by atoms with Crippen LogP contribution in [0.2, 0.25) is 0 Å². The van der Waals surface area contributed by atoms with E-state index in [0.717, 1.165) is 18.4 Å². The zero-order chi connectivity index (χ0) is 14.0. The molecule has 1 aliphatic carbocycles. The summed E-state index contributed by atoms with van der Waals surface area (Å²) < 4.78 is 25.3. The summed E-state index contributed by atoms with van der Waals surface area (Å²) in [6.45, 7) is 0.273. The highest BCUT2D eigenvalue weighted by Crippen LogP contribution is 2.31. The molecule has 0 radical (unpaired) electrons. The van der Waals surface area contributed by atoms with Crippen molar-refractivity contribution in [2.45, 2.75) is 19.4 Å². The highest BCUT2D eigenvalue weighted by molar-refractivity contribution is 7.89. The van der Waals surface area contributed by atoms with Crippen LogP contribution in [-0.4, -0.2) is 36.6 Å². The summed E-state index contributed by atoms with van der Waals surface area (Å²) in [5.74, 6) is -0.445. The number of hydrogen-bond donors (Lipinski definition) is 1. The monoisotopic (exact) mass is 283 g/mol. The zero-order valence-corrected chi connectivity index (χ0v) is 11.6. The maximum absolute atomic E-state index is 12.0. The molecule has 1 aromatic carbocycles. The van der Waals surface area contributed by atoms with E-state index in [1.54, 1.807) is 19.2 Å². The van der Waals surface area contributed by atoms with E-state index in [1.165, 1.54) is 16.4 Å². The van der Waals surface area contributed by atoms with E-state index in [4.69, 9.17) is 5.11 Å². The molecule has 1 fully saturated rings. The third-order valence-electron chi connectivity index (χ3n) is 3.22. The Balaban J connectivity index is 2.01. The maximum atomic E-state index is 12.0. The molecule has 1 saturated carbocycles. The summed E-state index contributed by atoms with van der Waals surface area (Å²) in [6.07, 6.45) is 2.00. The lowest BCUT2D eigenvalue weighted by atomic mass is 10.1. The van der Waals surface area contributed by atoms with Gasteiger partial charge in [0.05, 0.1) is 11.3 Å². The summed E-state index contributed by atoms with van der Waals surface area (Å²) in [5.41, 5.74) is 0.985. The molecular formula is C13H17NO4S. The second-order valence-electron chi connectivity index (χ2n) is 4.98. The topological polar surface area (TPSA) is 74.7 Å². The molecule has 1 N–H and O–H groups in total. The van der Waals surface area contributed by atoms with Crippen molar-refractivity contribution in [3.05, 3.63) is 35.4 Å². The molecule has 0 aromatic heterocycles. The van der Waals surface area contributed by atoms with Gasteiger partial charge in [-0.15, -0.1) is 0 Å². The number of rotatable bonds is 6. The Morgan fingerprint density at radius 2 is 1.89 bits per heavy atom. The minimum atomic E-state index is -3.20. The summed E-state index contributed by atoms with van der Waals surface area (Å²) in [7, 11) is -1.65. The molecule has 2 rings (SSSR count). The standard InChI is InChI=1S/C13H17NO4S/c1-14(19(17,18)9-11-2-3-11)8-10-4-6-12(7-5-10)13(15)16/h4-7,11H,2-3,8-9H2,1H3,(H,15,16). The fourth-order valence-electron chi connectivity index (χ4n) is 1.82. The van der Waals surface area contributed by atoms with Gasteiger partial charge in [0.25, 0.3) is 0 Å². The van der Waals surface area contributed by atoms with E-state index >= 15 is 0 Å². The number of carboxylic acids is 1. The number of aromatic carboxylic acids is 1. The van der Waals surface area contributed by atoms with E-state index in [1.807, 2.05) is 0 Å². The number of hydrogen-bond acceptors (Lipinski definition) is 3. The number of nitrogens with zero attached hydrogens (tertiary/aromatic N) is 1. The van der Waals surface area contributed by atoms with Gasteiger partial charge in [-0.3, -0.25) is 0 Å². The average Bonchev–Trinajstić information content (AvgIpc) is 3.12. The smallest absolute Gasteiger partial charge is 0.335 e. The lowest BCUT2D eigenvalue weighted by molar-refractivity contribution is 0.0697. The van der Waals surface area contributed by atoms with E-state index in [2.05, 4.69) is 0 Å². The number of carboxylic acid groups (broad SMARTS) is 1. The molecule has 5 nitrogen and oxygen atoms in total. The van der Waals surface area contributed by atoms with E-state index in [9.17, 15) is 13.2 Å². The van der Waals surface area contributed by atoms with Gasteiger partial charge >= 0.3 is 5.97 Å². The number of sulfonamides is 1. The fourth-order valence-corrected chi connectivity index (χ4v) is 3.35. The first-order valence-corrected chi connectivity index (χ1v) is 7.75. The molecule has 0 saturated heterocycles. The molecule has 0 amide bonds. The minimum Gasteiger partial charge on any atom is -0.478 e. The van der Waals surface area contributed by atoms with Crippen LogP contribution in [0.25, 0.3) is 0 Å². The van der Waals surface area contributed by atoms with Crippen molar-refractivity contribution in [3.8, 4) is 0 Å². The maximum Gasteiger partial charge on any atom is 0.335 e. The summed E-state index contributed by atoms with van der Waals surface area (Å²) in [4.78, 5) is 10.7. The van der Waals surface area contributed by atoms with Crippen LogP contribution in [0.4, 0.5) is 0 Å². The van der Waals surface area contributed by atoms with E-state index in [-0.39, 0.29) is 17.9 Å². The molecule has 1 aromatic rings. The van der Waals surface area contributed by atoms with Gasteiger partial charge in [-0.1, -0.05) is 12.1 Å². The Kier molecular flexibility index (Phi) is 3.91. The molecule has 0 atom stereocenters. The van der Waals surface area contributed by atoms with Gasteiger partial charge in [-0.2, -0.15) is 0 Å². The molecule has 0 aliphatic heterocycles. The van der Waals surface area contributed by atoms with Gasteiger partial charge in [0.1, 0.15) is 0 Å². The predicted molar refractivity (Wildman–Crippen MR) is 71.4 cm³/mol. The summed E-state index contributed by atoms with van der Waals surface area (Å²) >= 11 is 0. The first-order chi connectivity index (χ1) is 8.88. The summed E-state index contributed by atoms with van der Waals surface area (Å²) in [5, 5.41) is 8.79. The minimum absolute atomic E-state index is 0.201. The quantitative estimate of drug-likeness (QED) is 0.859. The predicted octanol–water partition coefficient (Wildman–Crippen LogP) is 1.56. The van der Waals surface area contributed by atoms with Crippen molar-refractivity contribution in [1.82, 2.24) is 4.31 Å². The van der Waals surface area contributed by atoms with Crippen LogP contribution >= 0.6 is 0 Å². The fraction of sp³-hybridized carbons (Fsp3) is 0.462. The molecular weight excluding hydrogens is 266 g/mol. The first kappa shape index (κ1) is 14.0. The Morgan fingerprint density at radius 1 is 1.32 bits per heavy atom. The van der Waals surface area contributed by atoms with Crippen molar-refractivity contribution < 1.29 is 18.3 Å². The molecule has 6 heteroatoms. The van der Waals surface area contributed by atoms with Gasteiger partial charge < -0.3 is 5.11 Å². The van der Waals surface area contributed by atoms with Crippen molar-refractivity contribution in [2.24, 2.45) is 5.92 Å². The molecule has 19 heavy (non-hydrogen) atoms. The Labute approximate surface area is 112 Å². The second-order valence-corrected chi connectivity index (χ2v) is 7.10. The molecule has 0 heterocycles. The van der Waals surface area contributed by atoms with Gasteiger partial charge in [0.2, 0.25) is 10.0 Å². The lowest BCUT2D eigenvalue weighted by Gasteiger charge is -2.17. The Hall–Kier alpha value is -1.40. The summed E-state index contributed by atoms with van der Waals surface area (Å²) in [6, 6.07) is 6.26. The first-order valence-electron chi connectivity index (χ1n) is 6.15. The van der Waals surface area contributed by atoms with Crippen LogP contribution in [0.5, 0.6) is 0 Å². The van der Waals surface area contributed by atoms with E-state index < -0.39 is 16.0 Å². The van der Waals surface area contributed by atoms with Crippen molar-refractivity contribution in [1.29, 1.82) is 0 Å². The van der Waals surface area contributed by atoms with Gasteiger partial charge in [0, 0.05) is 13.6 Å². The highest BCUT2D eigenvalue weighted by atomic mass is 32.2. The van der Waals surface area contributed by atoms with Crippen LogP contribution in [0.15, 0.2) is 24.3 Å². The molecule has 0 spiro atoms. The van der Waals surface area contributed by atoms with Crippen LogP contribution in [0.3, 0.4) is 0 Å². The molecule has 0 bridgehead atoms. The van der Waals surface area contributed by atoms with Gasteiger partial charge in [0.15, 0.2) is 0 Å². The van der Waals surface area contributed by atoms with Crippen molar-refractivity contribution >= 4 is 16.0 Å².